The van der Waals surface area contributed by atoms with E-state index in [1.165, 1.54) is 12.7 Å². The van der Waals surface area contributed by atoms with E-state index in [1.54, 1.807) is 13.2 Å². The number of hydrogen-bond acceptors (Lipinski definition) is 7. The summed E-state index contributed by atoms with van der Waals surface area (Å²) in [7, 11) is 2.95. The maximum absolute atomic E-state index is 14.2. The minimum absolute atomic E-state index is 0.0182. The van der Waals surface area contributed by atoms with Gasteiger partial charge in [0.15, 0.2) is 5.69 Å². The van der Waals surface area contributed by atoms with Gasteiger partial charge in [0.2, 0.25) is 5.92 Å². The molecule has 0 bridgehead atoms. The zero-order valence-corrected chi connectivity index (χ0v) is 24.8. The van der Waals surface area contributed by atoms with Crippen molar-refractivity contribution in [2.75, 3.05) is 32.6 Å². The Morgan fingerprint density at radius 1 is 1.29 bits per heavy atom. The third-order valence-electron chi connectivity index (χ3n) is 8.47. The topological polar surface area (TPSA) is 87.5 Å². The summed E-state index contributed by atoms with van der Waals surface area (Å²) in [4.78, 5) is 19.0. The predicted octanol–water partition coefficient (Wildman–Crippen LogP) is 6.85. The van der Waals surface area contributed by atoms with Crippen LogP contribution in [0.15, 0.2) is 24.3 Å². The summed E-state index contributed by atoms with van der Waals surface area (Å²) in [5.74, 6) is -1.70. The third kappa shape index (κ3) is 6.54. The molecule has 2 fully saturated rings. The number of anilines is 1. The summed E-state index contributed by atoms with van der Waals surface area (Å²) >= 11 is 0. The van der Waals surface area contributed by atoms with Crippen molar-refractivity contribution in [1.82, 2.24) is 9.88 Å². The molecule has 0 radical (unpaired) electrons. The molecule has 4 rings (SSSR count). The SMILES string of the molecule is COC(=O)c1ccc(C2CC3(CCN2Cc2c(OC)cc(C)c(C)c2/C=C\C(C)C)CC(F)(F)C3)c(NCC#N)n1. The number of aryl methyl sites for hydroxylation is 1. The molecule has 1 saturated carbocycles. The number of rotatable bonds is 9. The van der Waals surface area contributed by atoms with Crippen molar-refractivity contribution < 1.29 is 23.0 Å². The molecule has 41 heavy (non-hydrogen) atoms. The largest absolute Gasteiger partial charge is 0.496 e. The third-order valence-corrected chi connectivity index (χ3v) is 8.47. The number of nitrogens with one attached hydrogen (secondary N) is 1. The fourth-order valence-electron chi connectivity index (χ4n) is 6.29. The Bertz CT molecular complexity index is 1360. The zero-order chi connectivity index (χ0) is 29.9. The van der Waals surface area contributed by atoms with Crippen molar-refractivity contribution >= 4 is 17.9 Å². The number of likely N-dealkylation sites (tertiary alicyclic amines) is 1. The molecular formula is C32H40F2N4O3. The van der Waals surface area contributed by atoms with Gasteiger partial charge in [-0.3, -0.25) is 4.90 Å². The lowest BCUT2D eigenvalue weighted by Crippen LogP contribution is -2.53. The Morgan fingerprint density at radius 2 is 2.02 bits per heavy atom. The number of pyridine rings is 1. The molecule has 2 heterocycles. The van der Waals surface area contributed by atoms with Gasteiger partial charge in [-0.15, -0.1) is 0 Å². The molecule has 1 atom stereocenters. The van der Waals surface area contributed by atoms with Crippen LogP contribution in [0.4, 0.5) is 14.6 Å². The van der Waals surface area contributed by atoms with Gasteiger partial charge in [-0.2, -0.15) is 5.26 Å². The molecule has 1 aliphatic heterocycles. The fraction of sp³-hybridized carbons (Fsp3) is 0.531. The summed E-state index contributed by atoms with van der Waals surface area (Å²) in [5.41, 5.74) is 4.86. The van der Waals surface area contributed by atoms with Gasteiger partial charge < -0.3 is 14.8 Å². The van der Waals surface area contributed by atoms with Crippen LogP contribution >= 0.6 is 0 Å². The first kappa shape index (κ1) is 30.4. The van der Waals surface area contributed by atoms with Crippen LogP contribution in [0.1, 0.15) is 83.9 Å². The standard InChI is InChI=1S/C32H40F2N4O3/c1-20(2)7-8-23-22(4)21(3)15-28(40-5)25(23)17-38-14-11-31(18-32(33,34)19-31)16-27(38)24-9-10-26(30(39)41-6)37-29(24)36-13-12-35/h7-10,15,20,27H,11,13-14,16-19H2,1-6H3,(H,36,37)/b8-7-. The highest BCUT2D eigenvalue weighted by atomic mass is 19.3. The average Bonchev–Trinajstić information content (AvgIpc) is 2.92. The second-order valence-electron chi connectivity index (χ2n) is 11.8. The van der Waals surface area contributed by atoms with Crippen LogP contribution in [0, 0.1) is 36.5 Å². The molecule has 2 aromatic rings. The second kappa shape index (κ2) is 12.2. The minimum Gasteiger partial charge on any atom is -0.496 e. The molecule has 220 valence electrons. The quantitative estimate of drug-likeness (QED) is 0.262. The first-order valence-electron chi connectivity index (χ1n) is 14.1. The average molecular weight is 567 g/mol. The van der Waals surface area contributed by atoms with E-state index >= 15 is 0 Å². The number of esters is 1. The number of benzene rings is 1. The van der Waals surface area contributed by atoms with E-state index in [2.05, 4.69) is 67.2 Å². The first-order valence-corrected chi connectivity index (χ1v) is 14.1. The summed E-state index contributed by atoms with van der Waals surface area (Å²) in [6, 6.07) is 7.25. The molecule has 1 aromatic heterocycles. The Labute approximate surface area is 241 Å². The molecule has 2 aliphatic rings. The van der Waals surface area contributed by atoms with E-state index in [9.17, 15) is 18.8 Å². The van der Waals surface area contributed by atoms with Crippen LogP contribution in [-0.2, 0) is 11.3 Å². The van der Waals surface area contributed by atoms with Gasteiger partial charge in [-0.25, -0.2) is 18.6 Å². The maximum Gasteiger partial charge on any atom is 0.356 e. The number of hydrogen-bond donors (Lipinski definition) is 1. The number of aromatic nitrogens is 1. The number of allylic oxidation sites excluding steroid dienone is 1. The van der Waals surface area contributed by atoms with Crippen LogP contribution in [0.5, 0.6) is 5.75 Å². The Kier molecular flexibility index (Phi) is 9.03. The van der Waals surface area contributed by atoms with E-state index in [-0.39, 0.29) is 31.1 Å². The molecule has 7 nitrogen and oxygen atoms in total. The molecule has 9 heteroatoms. The lowest BCUT2D eigenvalue weighted by molar-refractivity contribution is -0.186. The van der Waals surface area contributed by atoms with Crippen molar-refractivity contribution in [3.05, 3.63) is 57.8 Å². The van der Waals surface area contributed by atoms with Gasteiger partial charge in [0, 0.05) is 36.6 Å². The summed E-state index contributed by atoms with van der Waals surface area (Å²) in [5, 5.41) is 12.3. The molecular weight excluding hydrogens is 526 g/mol. The molecule has 1 unspecified atom stereocenters. The van der Waals surface area contributed by atoms with E-state index in [0.29, 0.717) is 37.7 Å². The van der Waals surface area contributed by atoms with Crippen LogP contribution in [0.2, 0.25) is 0 Å². The van der Waals surface area contributed by atoms with Gasteiger partial charge in [-0.05, 0) is 73.4 Å². The number of piperidine rings is 1. The maximum atomic E-state index is 14.2. The summed E-state index contributed by atoms with van der Waals surface area (Å²) < 4.78 is 39.1. The van der Waals surface area contributed by atoms with Gasteiger partial charge in [-0.1, -0.05) is 32.1 Å². The number of alkyl halides is 2. The number of carbonyl (C=O) groups is 1. The Morgan fingerprint density at radius 3 is 2.63 bits per heavy atom. The Hall–Kier alpha value is -3.51. The van der Waals surface area contributed by atoms with E-state index in [0.717, 1.165) is 28.0 Å². The molecule has 0 amide bonds. The highest BCUT2D eigenvalue weighted by Gasteiger charge is 2.58. The van der Waals surface area contributed by atoms with Crippen LogP contribution in [0.25, 0.3) is 6.08 Å². The van der Waals surface area contributed by atoms with Crippen LogP contribution < -0.4 is 10.1 Å². The molecule has 1 spiro atoms. The van der Waals surface area contributed by atoms with Crippen molar-refractivity contribution in [2.45, 2.75) is 71.9 Å². The zero-order valence-electron chi connectivity index (χ0n) is 24.8. The number of methoxy groups -OCH3 is 2. The lowest BCUT2D eigenvalue weighted by Gasteiger charge is -2.55. The monoisotopic (exact) mass is 566 g/mol. The van der Waals surface area contributed by atoms with Crippen LogP contribution in [-0.4, -0.2) is 49.1 Å². The lowest BCUT2D eigenvalue weighted by atomic mass is 9.59. The van der Waals surface area contributed by atoms with Crippen molar-refractivity contribution in [1.29, 1.82) is 5.26 Å². The molecule has 1 N–H and O–H groups in total. The highest BCUT2D eigenvalue weighted by molar-refractivity contribution is 5.87. The number of halogens is 2. The molecule has 1 aromatic carbocycles. The van der Waals surface area contributed by atoms with Gasteiger partial charge >= 0.3 is 5.97 Å². The number of ether oxygens (including phenoxy) is 2. The minimum atomic E-state index is -2.65. The normalized spacial score (nSPS) is 19.7. The molecule has 1 aliphatic carbocycles. The van der Waals surface area contributed by atoms with E-state index in [1.807, 2.05) is 6.07 Å². The Balaban J connectivity index is 1.81. The van der Waals surface area contributed by atoms with Crippen molar-refractivity contribution in [3.63, 3.8) is 0 Å². The van der Waals surface area contributed by atoms with Gasteiger partial charge in [0.1, 0.15) is 18.1 Å². The van der Waals surface area contributed by atoms with Gasteiger partial charge in [0.25, 0.3) is 0 Å². The first-order chi connectivity index (χ1) is 19.4. The van der Waals surface area contributed by atoms with Crippen LogP contribution in [0.3, 0.4) is 0 Å². The van der Waals surface area contributed by atoms with E-state index in [4.69, 9.17) is 9.47 Å². The number of nitriles is 1. The second-order valence-corrected chi connectivity index (χ2v) is 11.8. The predicted molar refractivity (Wildman–Crippen MR) is 155 cm³/mol. The van der Waals surface area contributed by atoms with E-state index < -0.39 is 17.3 Å². The number of nitrogens with zero attached hydrogens (tertiary/aromatic N) is 3. The highest BCUT2D eigenvalue weighted by Crippen LogP contribution is 2.61. The van der Waals surface area contributed by atoms with Crippen molar-refractivity contribution in [2.24, 2.45) is 11.3 Å². The summed E-state index contributed by atoms with van der Waals surface area (Å²) in [6.07, 6.45) is 5.25. The van der Waals surface area contributed by atoms with Gasteiger partial charge in [0.05, 0.1) is 20.3 Å². The fourth-order valence-corrected chi connectivity index (χ4v) is 6.29. The summed E-state index contributed by atoms with van der Waals surface area (Å²) in [6.45, 7) is 9.57. The molecule has 1 saturated heterocycles. The smallest absolute Gasteiger partial charge is 0.356 e. The van der Waals surface area contributed by atoms with Crippen molar-refractivity contribution in [3.8, 4) is 11.8 Å². The number of carbonyl (C=O) groups excluding carboxylic acids is 1.